The van der Waals surface area contributed by atoms with Crippen LogP contribution in [-0.4, -0.2) is 33.3 Å². The topological polar surface area (TPSA) is 99.0 Å². The second-order valence-corrected chi connectivity index (χ2v) is 7.20. The van der Waals surface area contributed by atoms with Gasteiger partial charge in [-0.2, -0.15) is 0 Å². The van der Waals surface area contributed by atoms with Gasteiger partial charge in [-0.15, -0.1) is 4.52 Å². The van der Waals surface area contributed by atoms with E-state index in [0.717, 1.165) is 5.56 Å². The van der Waals surface area contributed by atoms with E-state index in [0.29, 0.717) is 40.4 Å². The number of oxazole rings is 1. The first kappa shape index (κ1) is 20.5. The van der Waals surface area contributed by atoms with E-state index in [2.05, 4.69) is 14.9 Å². The minimum absolute atomic E-state index is 0.0604. The van der Waals surface area contributed by atoms with Crippen LogP contribution in [0.15, 0.2) is 57.7 Å². The molecule has 9 nitrogen and oxygen atoms in total. The molecule has 0 aliphatic heterocycles. The molecule has 0 unspecified atom stereocenters. The molecule has 1 N–H and O–H groups in total. The number of aromatic nitrogens is 4. The third-order valence-corrected chi connectivity index (χ3v) is 5.19. The normalized spacial score (nSPS) is 11.2. The fourth-order valence-electron chi connectivity index (χ4n) is 3.81. The van der Waals surface area contributed by atoms with Gasteiger partial charge in [-0.3, -0.25) is 4.79 Å². The molecule has 0 saturated carbocycles. The summed E-state index contributed by atoms with van der Waals surface area (Å²) >= 11 is 0. The number of aromatic amines is 1. The first-order chi connectivity index (χ1) is 16.2. The minimum atomic E-state index is -0.441. The molecule has 3 heterocycles. The van der Waals surface area contributed by atoms with Crippen LogP contribution < -0.4 is 10.3 Å². The maximum Gasteiger partial charge on any atom is 0.301 e. The second-order valence-electron chi connectivity index (χ2n) is 7.20. The number of nitrogens with one attached hydrogen (secondary N) is 1. The lowest BCUT2D eigenvalue weighted by Gasteiger charge is -2.06. The molecular weight excluding hydrogens is 422 g/mol. The van der Waals surface area contributed by atoms with Crippen molar-refractivity contribution in [2.24, 2.45) is 0 Å². The van der Waals surface area contributed by atoms with Crippen molar-refractivity contribution < 1.29 is 13.9 Å². The van der Waals surface area contributed by atoms with Crippen LogP contribution in [0.5, 0.6) is 5.75 Å². The molecule has 9 heteroatoms. The van der Waals surface area contributed by atoms with Gasteiger partial charge >= 0.3 is 5.56 Å². The highest BCUT2D eigenvalue weighted by Crippen LogP contribution is 2.35. The van der Waals surface area contributed by atoms with E-state index in [9.17, 15) is 4.79 Å². The smallest absolute Gasteiger partial charge is 0.301 e. The summed E-state index contributed by atoms with van der Waals surface area (Å²) in [6, 6.07) is 14.7. The summed E-state index contributed by atoms with van der Waals surface area (Å²) in [5, 5.41) is 2.88. The Morgan fingerprint density at radius 2 is 1.94 bits per heavy atom. The highest BCUT2D eigenvalue weighted by Gasteiger charge is 2.25. The molecule has 5 aromatic rings. The number of hydrogen-bond donors (Lipinski definition) is 1. The molecule has 0 aliphatic rings. The molecule has 0 radical (unpaired) electrons. The van der Waals surface area contributed by atoms with Gasteiger partial charge in [-0.05, 0) is 24.6 Å². The number of fused-ring (bicyclic) bond motifs is 2. The number of rotatable bonds is 6. The summed E-state index contributed by atoms with van der Waals surface area (Å²) in [6.07, 6.45) is 0. The molecule has 164 valence electrons. The van der Waals surface area contributed by atoms with Crippen LogP contribution in [-0.2, 0) is 11.3 Å². The Morgan fingerprint density at radius 3 is 2.67 bits per heavy atom. The number of hydrogen-bond acceptors (Lipinski definition) is 6. The Kier molecular flexibility index (Phi) is 5.12. The summed E-state index contributed by atoms with van der Waals surface area (Å²) in [4.78, 5) is 26.5. The molecule has 2 aromatic carbocycles. The van der Waals surface area contributed by atoms with Gasteiger partial charge in [0.15, 0.2) is 16.7 Å². The lowest BCUT2D eigenvalue weighted by molar-refractivity contribution is 0.182. The first-order valence-corrected chi connectivity index (χ1v) is 10.3. The number of para-hydroxylation sites is 1. The zero-order valence-electron chi connectivity index (χ0n) is 18.0. The molecule has 33 heavy (non-hydrogen) atoms. The molecule has 0 amide bonds. The lowest BCUT2D eigenvalue weighted by Crippen LogP contribution is -2.20. The number of methoxy groups -OCH3 is 1. The van der Waals surface area contributed by atoms with Crippen LogP contribution in [0.1, 0.15) is 12.6 Å². The fraction of sp³-hybridized carbons (Fsp3) is 0.167. The van der Waals surface area contributed by atoms with Crippen LogP contribution in [0.3, 0.4) is 0 Å². The van der Waals surface area contributed by atoms with Crippen molar-refractivity contribution in [3.63, 3.8) is 0 Å². The second kappa shape index (κ2) is 8.26. The van der Waals surface area contributed by atoms with Gasteiger partial charge in [-0.25, -0.2) is 15.1 Å². The minimum Gasteiger partial charge on any atom is -0.491 e. The van der Waals surface area contributed by atoms with Crippen molar-refractivity contribution in [1.82, 2.24) is 19.6 Å². The van der Waals surface area contributed by atoms with Crippen LogP contribution in [0.4, 0.5) is 5.82 Å². The van der Waals surface area contributed by atoms with Gasteiger partial charge in [-0.1, -0.05) is 43.0 Å². The predicted molar refractivity (Wildman–Crippen MR) is 122 cm³/mol. The van der Waals surface area contributed by atoms with Crippen LogP contribution in [0.2, 0.25) is 0 Å². The molecule has 0 atom stereocenters. The van der Waals surface area contributed by atoms with E-state index in [1.807, 2.05) is 37.3 Å². The molecule has 0 aliphatic carbocycles. The Bertz CT molecular complexity index is 1570. The largest absolute Gasteiger partial charge is 0.491 e. The van der Waals surface area contributed by atoms with Gasteiger partial charge in [0, 0.05) is 7.11 Å². The van der Waals surface area contributed by atoms with Crippen molar-refractivity contribution in [3.8, 4) is 28.3 Å². The number of H-pyrrole nitrogens is 1. The van der Waals surface area contributed by atoms with Crippen LogP contribution >= 0.6 is 0 Å². The maximum absolute atomic E-state index is 13.6. The van der Waals surface area contributed by atoms with Gasteiger partial charge < -0.3 is 18.7 Å². The molecule has 3 aromatic heterocycles. The van der Waals surface area contributed by atoms with E-state index in [1.54, 1.807) is 18.2 Å². The Hall–Kier alpha value is -4.42. The maximum atomic E-state index is 13.6. The van der Waals surface area contributed by atoms with E-state index < -0.39 is 5.56 Å². The monoisotopic (exact) mass is 441 g/mol. The zero-order valence-corrected chi connectivity index (χ0v) is 18.0. The summed E-state index contributed by atoms with van der Waals surface area (Å²) in [5.41, 5.74) is 2.73. The van der Waals surface area contributed by atoms with Crippen LogP contribution in [0, 0.1) is 6.57 Å². The predicted octanol–water partition coefficient (Wildman–Crippen LogP) is 4.59. The Labute approximate surface area is 188 Å². The van der Waals surface area contributed by atoms with Crippen molar-refractivity contribution in [1.29, 1.82) is 0 Å². The number of nitrogens with zero attached hydrogens (tertiary/aromatic N) is 4. The average Bonchev–Trinajstić information content (AvgIpc) is 3.42. The first-order valence-electron chi connectivity index (χ1n) is 10.3. The average molecular weight is 441 g/mol. The van der Waals surface area contributed by atoms with E-state index in [-0.39, 0.29) is 23.9 Å². The van der Waals surface area contributed by atoms with Gasteiger partial charge in [0.1, 0.15) is 11.3 Å². The molecule has 0 saturated heterocycles. The Morgan fingerprint density at radius 1 is 1.12 bits per heavy atom. The van der Waals surface area contributed by atoms with Crippen molar-refractivity contribution in [3.05, 3.63) is 76.0 Å². The fourth-order valence-corrected chi connectivity index (χ4v) is 3.81. The third kappa shape index (κ3) is 3.33. The van der Waals surface area contributed by atoms with Crippen molar-refractivity contribution >= 4 is 22.6 Å². The quantitative estimate of drug-likeness (QED) is 0.387. The van der Waals surface area contributed by atoms with Gasteiger partial charge in [0.05, 0.1) is 24.5 Å². The lowest BCUT2D eigenvalue weighted by atomic mass is 10.1. The standard InChI is InChI=1S/C24H19N5O4/c1-4-32-16-11-8-12-17-20(16)27-23(33-17)19-15(13-31-3)26-22-18(14-9-6-5-7-10-14)21(25-2)28-29(22)24(19)30/h5-12,28H,4,13H2,1,3H3. The summed E-state index contributed by atoms with van der Waals surface area (Å²) in [7, 11) is 1.52. The molecule has 0 bridgehead atoms. The van der Waals surface area contributed by atoms with Crippen molar-refractivity contribution in [2.45, 2.75) is 13.5 Å². The summed E-state index contributed by atoms with van der Waals surface area (Å²) < 4.78 is 18.2. The van der Waals surface area contributed by atoms with Gasteiger partial charge in [0.25, 0.3) is 5.82 Å². The third-order valence-electron chi connectivity index (χ3n) is 5.19. The molecule has 0 spiro atoms. The van der Waals surface area contributed by atoms with Crippen LogP contribution in [0.25, 0.3) is 44.2 Å². The van der Waals surface area contributed by atoms with E-state index in [4.69, 9.17) is 25.4 Å². The molecular formula is C24H19N5O4. The Balaban J connectivity index is 1.81. The SMILES string of the molecule is [C-]#[N+]c1[nH]n2c(=O)c(-c3nc4c(OCC)cccc4o3)c(COC)nc2c1-c1ccccc1. The van der Waals surface area contributed by atoms with E-state index in [1.165, 1.54) is 11.6 Å². The highest BCUT2D eigenvalue weighted by molar-refractivity contribution is 5.88. The summed E-state index contributed by atoms with van der Waals surface area (Å²) in [5.74, 6) is 0.882. The zero-order chi connectivity index (χ0) is 22.9. The molecule has 5 rings (SSSR count). The number of benzene rings is 2. The number of ether oxygens (including phenoxy) is 2. The van der Waals surface area contributed by atoms with E-state index >= 15 is 0 Å². The summed E-state index contributed by atoms with van der Waals surface area (Å²) in [6.45, 7) is 10.0. The molecule has 0 fully saturated rings. The van der Waals surface area contributed by atoms with Gasteiger partial charge in [0.2, 0.25) is 5.89 Å². The van der Waals surface area contributed by atoms with Crippen molar-refractivity contribution in [2.75, 3.05) is 13.7 Å². The highest BCUT2D eigenvalue weighted by atomic mass is 16.5.